The number of carbonyl (C=O) groups is 1. The molecular formula is C19H27N5O3S. The van der Waals surface area contributed by atoms with Crippen molar-refractivity contribution >= 4 is 23.6 Å². The highest BCUT2D eigenvalue weighted by molar-refractivity contribution is 7.99. The molecule has 3 rings (SSSR count). The molecule has 1 aliphatic rings. The van der Waals surface area contributed by atoms with Crippen LogP contribution in [0.3, 0.4) is 0 Å². The summed E-state index contributed by atoms with van der Waals surface area (Å²) in [4.78, 5) is 16.5. The predicted octanol–water partition coefficient (Wildman–Crippen LogP) is 1.89. The number of carbonyl (C=O) groups excluding carboxylic acids is 1. The van der Waals surface area contributed by atoms with Crippen LogP contribution in [0.2, 0.25) is 0 Å². The van der Waals surface area contributed by atoms with Gasteiger partial charge in [-0.3, -0.25) is 9.36 Å². The average Bonchev–Trinajstić information content (AvgIpc) is 3.15. The Hall–Kier alpha value is -2.26. The Morgan fingerprint density at radius 1 is 1.29 bits per heavy atom. The molecule has 1 fully saturated rings. The van der Waals surface area contributed by atoms with Crippen LogP contribution < -0.4 is 9.64 Å². The van der Waals surface area contributed by atoms with E-state index in [1.165, 1.54) is 11.8 Å². The van der Waals surface area contributed by atoms with Crippen molar-refractivity contribution in [1.29, 1.82) is 0 Å². The van der Waals surface area contributed by atoms with Gasteiger partial charge in [0.05, 0.1) is 26.1 Å². The third-order valence-electron chi connectivity index (χ3n) is 4.66. The molecule has 152 valence electrons. The van der Waals surface area contributed by atoms with Gasteiger partial charge in [-0.2, -0.15) is 0 Å². The Kier molecular flexibility index (Phi) is 7.16. The van der Waals surface area contributed by atoms with E-state index < -0.39 is 0 Å². The first-order valence-electron chi connectivity index (χ1n) is 9.38. The van der Waals surface area contributed by atoms with Gasteiger partial charge in [-0.15, -0.1) is 10.2 Å². The molecule has 0 spiro atoms. The molecule has 0 N–H and O–H groups in total. The molecule has 0 atom stereocenters. The van der Waals surface area contributed by atoms with E-state index in [-0.39, 0.29) is 5.91 Å². The normalized spacial score (nSPS) is 14.2. The lowest BCUT2D eigenvalue weighted by molar-refractivity contribution is -0.127. The maximum Gasteiger partial charge on any atom is 0.233 e. The van der Waals surface area contributed by atoms with Crippen LogP contribution in [0.25, 0.3) is 0 Å². The molecule has 2 aromatic rings. The molecule has 1 aromatic heterocycles. The number of benzene rings is 1. The van der Waals surface area contributed by atoms with Crippen molar-refractivity contribution in [1.82, 2.24) is 19.7 Å². The lowest BCUT2D eigenvalue weighted by atomic mass is 10.2. The number of nitrogens with zero attached hydrogens (tertiary/aromatic N) is 5. The molecule has 0 bridgehead atoms. The average molecular weight is 406 g/mol. The molecule has 2 heterocycles. The first-order valence-corrected chi connectivity index (χ1v) is 10.4. The maximum atomic E-state index is 12.6. The Morgan fingerprint density at radius 2 is 2.04 bits per heavy atom. The lowest BCUT2D eigenvalue weighted by Crippen LogP contribution is -2.38. The predicted molar refractivity (Wildman–Crippen MR) is 109 cm³/mol. The van der Waals surface area contributed by atoms with Gasteiger partial charge in [-0.1, -0.05) is 30.0 Å². The highest BCUT2D eigenvalue weighted by Crippen LogP contribution is 2.24. The van der Waals surface area contributed by atoms with E-state index in [4.69, 9.17) is 9.47 Å². The Labute approximate surface area is 169 Å². The van der Waals surface area contributed by atoms with Crippen molar-refractivity contribution in [3.8, 4) is 5.75 Å². The maximum absolute atomic E-state index is 12.6. The highest BCUT2D eigenvalue weighted by Gasteiger charge is 2.21. The van der Waals surface area contributed by atoms with Gasteiger partial charge < -0.3 is 19.3 Å². The van der Waals surface area contributed by atoms with Crippen LogP contribution in [0.5, 0.6) is 5.75 Å². The SMILES string of the molecule is CCn1c(SCC(=O)N(C)Cc2ccccc2OC)nnc1N1CCOCC1. The summed E-state index contributed by atoms with van der Waals surface area (Å²) in [6, 6.07) is 7.74. The standard InChI is InChI=1S/C19H27N5O3S/c1-4-24-18(23-9-11-27-12-10-23)20-21-19(24)28-14-17(25)22(2)13-15-7-5-6-8-16(15)26-3/h5-8H,4,9-14H2,1-3H3. The van der Waals surface area contributed by atoms with Crippen LogP contribution in [0.15, 0.2) is 29.4 Å². The Balaban J connectivity index is 1.60. The summed E-state index contributed by atoms with van der Waals surface area (Å²) in [7, 11) is 3.44. The third kappa shape index (κ3) is 4.77. The molecule has 0 radical (unpaired) electrons. The quantitative estimate of drug-likeness (QED) is 0.621. The van der Waals surface area contributed by atoms with Crippen LogP contribution in [0.4, 0.5) is 5.95 Å². The van der Waals surface area contributed by atoms with Gasteiger partial charge >= 0.3 is 0 Å². The highest BCUT2D eigenvalue weighted by atomic mass is 32.2. The van der Waals surface area contributed by atoms with Gasteiger partial charge in [-0.05, 0) is 13.0 Å². The summed E-state index contributed by atoms with van der Waals surface area (Å²) in [6.45, 7) is 6.34. The fourth-order valence-corrected chi connectivity index (χ4v) is 4.01. The molecule has 1 aromatic carbocycles. The molecule has 0 unspecified atom stereocenters. The monoisotopic (exact) mass is 405 g/mol. The summed E-state index contributed by atoms with van der Waals surface area (Å²) < 4.78 is 12.8. The number of para-hydroxylation sites is 1. The van der Waals surface area contributed by atoms with Gasteiger partial charge in [-0.25, -0.2) is 0 Å². The number of morpholine rings is 1. The molecule has 1 saturated heterocycles. The van der Waals surface area contributed by atoms with Crippen molar-refractivity contribution in [2.45, 2.75) is 25.2 Å². The molecule has 1 amide bonds. The first-order chi connectivity index (χ1) is 13.6. The fraction of sp³-hybridized carbons (Fsp3) is 0.526. The van der Waals surface area contributed by atoms with E-state index in [9.17, 15) is 4.79 Å². The molecule has 0 aliphatic carbocycles. The van der Waals surface area contributed by atoms with Crippen LogP contribution in [0.1, 0.15) is 12.5 Å². The summed E-state index contributed by atoms with van der Waals surface area (Å²) in [5, 5.41) is 9.42. The van der Waals surface area contributed by atoms with Gasteiger partial charge in [0, 0.05) is 38.8 Å². The summed E-state index contributed by atoms with van der Waals surface area (Å²) in [5.74, 6) is 1.99. The van der Waals surface area contributed by atoms with Gasteiger partial charge in [0.25, 0.3) is 0 Å². The first kappa shape index (κ1) is 20.5. The zero-order valence-electron chi connectivity index (χ0n) is 16.6. The molecule has 8 nitrogen and oxygen atoms in total. The Morgan fingerprint density at radius 3 is 2.75 bits per heavy atom. The zero-order valence-corrected chi connectivity index (χ0v) is 17.4. The minimum atomic E-state index is 0.0366. The molecular weight excluding hydrogens is 378 g/mol. The van der Waals surface area contributed by atoms with Gasteiger partial charge in [0.2, 0.25) is 11.9 Å². The number of aromatic nitrogens is 3. The smallest absolute Gasteiger partial charge is 0.233 e. The topological polar surface area (TPSA) is 72.7 Å². The number of ether oxygens (including phenoxy) is 2. The minimum absolute atomic E-state index is 0.0366. The van der Waals surface area contributed by atoms with Crippen molar-refractivity contribution < 1.29 is 14.3 Å². The van der Waals surface area contributed by atoms with Crippen LogP contribution in [-0.2, 0) is 22.6 Å². The van der Waals surface area contributed by atoms with E-state index in [2.05, 4.69) is 26.6 Å². The number of methoxy groups -OCH3 is 1. The summed E-state index contributed by atoms with van der Waals surface area (Å²) in [5.41, 5.74) is 0.983. The van der Waals surface area contributed by atoms with E-state index in [1.807, 2.05) is 24.3 Å². The number of hydrogen-bond acceptors (Lipinski definition) is 7. The Bertz CT molecular complexity index is 792. The number of rotatable bonds is 8. The van der Waals surface area contributed by atoms with Crippen molar-refractivity contribution in [2.24, 2.45) is 0 Å². The number of thioether (sulfide) groups is 1. The summed E-state index contributed by atoms with van der Waals surface area (Å²) >= 11 is 1.42. The van der Waals surface area contributed by atoms with E-state index in [0.717, 1.165) is 42.1 Å². The second-order valence-corrected chi connectivity index (χ2v) is 7.42. The van der Waals surface area contributed by atoms with Crippen molar-refractivity contribution in [3.63, 3.8) is 0 Å². The molecule has 0 saturated carbocycles. The fourth-order valence-electron chi connectivity index (χ4n) is 3.08. The second kappa shape index (κ2) is 9.79. The van der Waals surface area contributed by atoms with Crippen molar-refractivity contribution in [2.75, 3.05) is 51.1 Å². The third-order valence-corrected chi connectivity index (χ3v) is 5.61. The van der Waals surface area contributed by atoms with Gasteiger partial charge in [0.15, 0.2) is 5.16 Å². The molecule has 9 heteroatoms. The van der Waals surface area contributed by atoms with Gasteiger partial charge in [0.1, 0.15) is 5.75 Å². The van der Waals surface area contributed by atoms with Crippen LogP contribution in [-0.4, -0.2) is 71.8 Å². The van der Waals surface area contributed by atoms with Crippen LogP contribution in [0, 0.1) is 0 Å². The number of amides is 1. The molecule has 1 aliphatic heterocycles. The number of anilines is 1. The largest absolute Gasteiger partial charge is 0.496 e. The zero-order chi connectivity index (χ0) is 19.9. The second-order valence-electron chi connectivity index (χ2n) is 6.48. The van der Waals surface area contributed by atoms with E-state index in [0.29, 0.717) is 25.5 Å². The van der Waals surface area contributed by atoms with E-state index in [1.54, 1.807) is 19.1 Å². The van der Waals surface area contributed by atoms with Crippen LogP contribution >= 0.6 is 11.8 Å². The van der Waals surface area contributed by atoms with Crippen molar-refractivity contribution in [3.05, 3.63) is 29.8 Å². The number of hydrogen-bond donors (Lipinski definition) is 0. The lowest BCUT2D eigenvalue weighted by Gasteiger charge is -2.27. The molecule has 28 heavy (non-hydrogen) atoms. The minimum Gasteiger partial charge on any atom is -0.496 e. The van der Waals surface area contributed by atoms with E-state index >= 15 is 0 Å². The summed E-state index contributed by atoms with van der Waals surface area (Å²) in [6.07, 6.45) is 0.